The van der Waals surface area contributed by atoms with E-state index in [9.17, 15) is 13.5 Å². The Morgan fingerprint density at radius 1 is 1.53 bits per heavy atom. The predicted molar refractivity (Wildman–Crippen MR) is 72.9 cm³/mol. The Balaban J connectivity index is 3.20. The first kappa shape index (κ1) is 15.1. The summed E-state index contributed by atoms with van der Waals surface area (Å²) in [6.07, 6.45) is 0. The monoisotopic (exact) mass is 341 g/mol. The highest BCUT2D eigenvalue weighted by molar-refractivity contribution is 9.11. The van der Waals surface area contributed by atoms with Gasteiger partial charge in [-0.2, -0.15) is 4.31 Å². The van der Waals surface area contributed by atoms with Crippen molar-refractivity contribution in [3.8, 4) is 0 Å². The van der Waals surface area contributed by atoms with E-state index in [1.807, 2.05) is 6.92 Å². The molecule has 0 atom stereocenters. The molecule has 0 aromatic carbocycles. The normalized spacial score (nSPS) is 13.4. The Morgan fingerprint density at radius 3 is 2.41 bits per heavy atom. The molecule has 1 N–H and O–H groups in total. The lowest BCUT2D eigenvalue weighted by Crippen LogP contribution is -2.47. The van der Waals surface area contributed by atoms with Gasteiger partial charge in [-0.1, -0.05) is 0 Å². The molecule has 98 valence electrons. The van der Waals surface area contributed by atoms with Crippen LogP contribution < -0.4 is 0 Å². The maximum absolute atomic E-state index is 12.3. The van der Waals surface area contributed by atoms with Crippen molar-refractivity contribution in [1.29, 1.82) is 0 Å². The van der Waals surface area contributed by atoms with Crippen LogP contribution in [0, 0.1) is 6.92 Å². The molecule has 0 saturated carbocycles. The van der Waals surface area contributed by atoms with Crippen LogP contribution in [0.5, 0.6) is 0 Å². The largest absolute Gasteiger partial charge is 0.394 e. The van der Waals surface area contributed by atoms with Crippen LogP contribution in [0.4, 0.5) is 0 Å². The van der Waals surface area contributed by atoms with E-state index in [4.69, 9.17) is 0 Å². The number of likely N-dealkylation sites (N-methyl/N-ethyl adjacent to an activating group) is 1. The molecule has 0 amide bonds. The van der Waals surface area contributed by atoms with Crippen molar-refractivity contribution < 1.29 is 13.5 Å². The average Bonchev–Trinajstić information content (AvgIpc) is 2.58. The van der Waals surface area contributed by atoms with Gasteiger partial charge in [-0.05, 0) is 48.3 Å². The molecule has 0 spiro atoms. The van der Waals surface area contributed by atoms with Crippen LogP contribution in [0.3, 0.4) is 0 Å². The maximum Gasteiger partial charge on any atom is 0.252 e. The van der Waals surface area contributed by atoms with E-state index in [-0.39, 0.29) is 10.8 Å². The Kier molecular flexibility index (Phi) is 4.42. The standard InChI is InChI=1S/C10H16BrNO3S2/c1-7-5-8(16-9(7)11)17(14,15)12(4)10(2,3)6-13/h5,13H,6H2,1-4H3. The summed E-state index contributed by atoms with van der Waals surface area (Å²) in [5.74, 6) is 0. The van der Waals surface area contributed by atoms with E-state index in [0.717, 1.165) is 9.35 Å². The predicted octanol–water partition coefficient (Wildman–Crippen LogP) is 2.21. The van der Waals surface area contributed by atoms with Gasteiger partial charge in [0, 0.05) is 7.05 Å². The zero-order chi connectivity index (χ0) is 13.4. The molecule has 1 heterocycles. The van der Waals surface area contributed by atoms with Gasteiger partial charge in [0.1, 0.15) is 4.21 Å². The number of rotatable bonds is 4. The zero-order valence-electron chi connectivity index (χ0n) is 10.2. The summed E-state index contributed by atoms with van der Waals surface area (Å²) in [5, 5.41) is 9.22. The Hall–Kier alpha value is 0.0500. The summed E-state index contributed by atoms with van der Waals surface area (Å²) in [6, 6.07) is 1.63. The Bertz CT molecular complexity index is 488. The van der Waals surface area contributed by atoms with Gasteiger partial charge in [0.2, 0.25) is 0 Å². The minimum Gasteiger partial charge on any atom is -0.394 e. The molecule has 0 radical (unpaired) electrons. The second kappa shape index (κ2) is 4.97. The second-order valence-corrected chi connectivity index (χ2v) is 9.03. The number of aliphatic hydroxyl groups is 1. The first-order valence-electron chi connectivity index (χ1n) is 4.99. The number of aliphatic hydroxyl groups excluding tert-OH is 1. The Morgan fingerprint density at radius 2 is 2.06 bits per heavy atom. The van der Waals surface area contributed by atoms with Crippen molar-refractivity contribution in [3.05, 3.63) is 15.4 Å². The van der Waals surface area contributed by atoms with Crippen LogP contribution in [-0.2, 0) is 10.0 Å². The van der Waals surface area contributed by atoms with E-state index in [1.54, 1.807) is 19.9 Å². The van der Waals surface area contributed by atoms with Gasteiger partial charge in [0.05, 0.1) is 15.9 Å². The molecule has 17 heavy (non-hydrogen) atoms. The SMILES string of the molecule is Cc1cc(S(=O)(=O)N(C)C(C)(C)CO)sc1Br. The molecule has 0 bridgehead atoms. The third-order valence-electron chi connectivity index (χ3n) is 2.69. The van der Waals surface area contributed by atoms with E-state index < -0.39 is 15.6 Å². The van der Waals surface area contributed by atoms with E-state index >= 15 is 0 Å². The molecule has 0 aliphatic heterocycles. The summed E-state index contributed by atoms with van der Waals surface area (Å²) in [4.78, 5) is 0. The van der Waals surface area contributed by atoms with Crippen LogP contribution in [-0.4, -0.2) is 37.0 Å². The van der Waals surface area contributed by atoms with Crippen molar-refractivity contribution in [2.75, 3.05) is 13.7 Å². The fourth-order valence-electron chi connectivity index (χ4n) is 1.12. The molecule has 0 aliphatic carbocycles. The summed E-state index contributed by atoms with van der Waals surface area (Å²) >= 11 is 4.49. The number of halogens is 1. The molecule has 4 nitrogen and oxygen atoms in total. The quantitative estimate of drug-likeness (QED) is 0.913. The number of hydrogen-bond acceptors (Lipinski definition) is 4. The first-order chi connectivity index (χ1) is 7.63. The van der Waals surface area contributed by atoms with Crippen LogP contribution in [0.2, 0.25) is 0 Å². The second-order valence-electron chi connectivity index (χ2n) is 4.47. The minimum atomic E-state index is -3.55. The third-order valence-corrected chi connectivity index (χ3v) is 7.34. The summed E-state index contributed by atoms with van der Waals surface area (Å²) in [6.45, 7) is 4.98. The molecule has 1 rings (SSSR count). The molecule has 1 aromatic heterocycles. The van der Waals surface area contributed by atoms with Crippen molar-refractivity contribution in [2.45, 2.75) is 30.5 Å². The summed E-state index contributed by atoms with van der Waals surface area (Å²) in [7, 11) is -2.07. The highest BCUT2D eigenvalue weighted by Crippen LogP contribution is 2.33. The molecular formula is C10H16BrNO3S2. The van der Waals surface area contributed by atoms with Gasteiger partial charge < -0.3 is 5.11 Å². The van der Waals surface area contributed by atoms with Crippen LogP contribution >= 0.6 is 27.3 Å². The lowest BCUT2D eigenvalue weighted by atomic mass is 10.1. The molecule has 0 fully saturated rings. The van der Waals surface area contributed by atoms with Crippen LogP contribution in [0.15, 0.2) is 14.1 Å². The van der Waals surface area contributed by atoms with E-state index in [2.05, 4.69) is 15.9 Å². The van der Waals surface area contributed by atoms with Crippen molar-refractivity contribution in [3.63, 3.8) is 0 Å². The summed E-state index contributed by atoms with van der Waals surface area (Å²) in [5.41, 5.74) is 0.0761. The van der Waals surface area contributed by atoms with Crippen LogP contribution in [0.1, 0.15) is 19.4 Å². The number of hydrogen-bond donors (Lipinski definition) is 1. The van der Waals surface area contributed by atoms with Crippen molar-refractivity contribution >= 4 is 37.3 Å². The van der Waals surface area contributed by atoms with Gasteiger partial charge in [-0.25, -0.2) is 8.42 Å². The third kappa shape index (κ3) is 2.90. The van der Waals surface area contributed by atoms with Gasteiger partial charge in [0.15, 0.2) is 0 Å². The molecule has 0 aliphatic rings. The molecule has 1 aromatic rings. The molecular weight excluding hydrogens is 326 g/mol. The van der Waals surface area contributed by atoms with Gasteiger partial charge in [-0.15, -0.1) is 11.3 Å². The highest BCUT2D eigenvalue weighted by Gasteiger charge is 2.34. The van der Waals surface area contributed by atoms with Gasteiger partial charge in [-0.3, -0.25) is 0 Å². The molecule has 0 saturated heterocycles. The van der Waals surface area contributed by atoms with Crippen LogP contribution in [0.25, 0.3) is 0 Å². The fraction of sp³-hybridized carbons (Fsp3) is 0.600. The highest BCUT2D eigenvalue weighted by atomic mass is 79.9. The van der Waals surface area contributed by atoms with Crippen molar-refractivity contribution in [1.82, 2.24) is 4.31 Å². The number of aryl methyl sites for hydroxylation is 1. The van der Waals surface area contributed by atoms with Gasteiger partial charge >= 0.3 is 0 Å². The van der Waals surface area contributed by atoms with E-state index in [0.29, 0.717) is 0 Å². The zero-order valence-corrected chi connectivity index (χ0v) is 13.4. The lowest BCUT2D eigenvalue weighted by Gasteiger charge is -2.32. The van der Waals surface area contributed by atoms with E-state index in [1.165, 1.54) is 22.7 Å². The van der Waals surface area contributed by atoms with Crippen molar-refractivity contribution in [2.24, 2.45) is 0 Å². The molecule has 0 unspecified atom stereocenters. The molecule has 7 heteroatoms. The number of thiophene rings is 1. The topological polar surface area (TPSA) is 57.6 Å². The number of nitrogens with zero attached hydrogens (tertiary/aromatic N) is 1. The average molecular weight is 342 g/mol. The first-order valence-corrected chi connectivity index (χ1v) is 8.03. The lowest BCUT2D eigenvalue weighted by molar-refractivity contribution is 0.138. The fourth-order valence-corrected chi connectivity index (χ4v) is 5.02. The maximum atomic E-state index is 12.3. The summed E-state index contributed by atoms with van der Waals surface area (Å²) < 4.78 is 26.9. The Labute approximate surface area is 114 Å². The smallest absolute Gasteiger partial charge is 0.252 e. The van der Waals surface area contributed by atoms with Gasteiger partial charge in [0.25, 0.3) is 10.0 Å². The number of sulfonamides is 1. The minimum absolute atomic E-state index is 0.228.